The largest absolute Gasteiger partial charge is 0.493 e. The van der Waals surface area contributed by atoms with Crippen molar-refractivity contribution < 1.29 is 24.2 Å². The predicted molar refractivity (Wildman–Crippen MR) is 99.8 cm³/mol. The highest BCUT2D eigenvalue weighted by molar-refractivity contribution is 6.07. The Balaban J connectivity index is 1.58. The molecular weight excluding hydrogens is 348 g/mol. The van der Waals surface area contributed by atoms with Gasteiger partial charge in [-0.3, -0.25) is 9.69 Å². The zero-order valence-corrected chi connectivity index (χ0v) is 15.6. The molecule has 1 saturated carbocycles. The van der Waals surface area contributed by atoms with Crippen molar-refractivity contribution in [2.45, 2.75) is 43.7 Å². The van der Waals surface area contributed by atoms with Gasteiger partial charge in [-0.1, -0.05) is 25.0 Å². The molecule has 1 atom stereocenters. The van der Waals surface area contributed by atoms with Crippen molar-refractivity contribution in [2.24, 2.45) is 0 Å². The van der Waals surface area contributed by atoms with Crippen molar-refractivity contribution in [2.75, 3.05) is 20.3 Å². The highest BCUT2D eigenvalue weighted by Crippen LogP contribution is 2.35. The fraction of sp³-hybridized carbons (Fsp3) is 0.500. The maximum Gasteiger partial charge on any atom is 0.325 e. The Kier molecular flexibility index (Phi) is 5.70. The number of hydrogen-bond acceptors (Lipinski definition) is 5. The van der Waals surface area contributed by atoms with Gasteiger partial charge in [0.05, 0.1) is 13.7 Å². The highest BCUT2D eigenvalue weighted by atomic mass is 16.5. The Labute approximate surface area is 158 Å². The van der Waals surface area contributed by atoms with Gasteiger partial charge in [0.1, 0.15) is 18.2 Å². The van der Waals surface area contributed by atoms with Gasteiger partial charge in [-0.25, -0.2) is 4.79 Å². The van der Waals surface area contributed by atoms with Gasteiger partial charge < -0.3 is 19.9 Å². The average Bonchev–Trinajstić information content (AvgIpc) is 3.21. The SMILES string of the molecule is C=CCc1ccc(OCC(O)CN2C(=O)NC3(CCCC3)C2=O)c(OC)c1. The van der Waals surface area contributed by atoms with E-state index in [0.29, 0.717) is 30.8 Å². The first-order chi connectivity index (χ1) is 13.0. The number of allylic oxidation sites excluding steroid dienone is 1. The van der Waals surface area contributed by atoms with Crippen LogP contribution in [0.4, 0.5) is 4.79 Å². The zero-order valence-electron chi connectivity index (χ0n) is 15.6. The molecule has 146 valence electrons. The van der Waals surface area contributed by atoms with Crippen molar-refractivity contribution in [3.63, 3.8) is 0 Å². The van der Waals surface area contributed by atoms with Crippen LogP contribution in [0.2, 0.25) is 0 Å². The number of imide groups is 1. The van der Waals surface area contributed by atoms with E-state index in [9.17, 15) is 14.7 Å². The molecule has 7 nitrogen and oxygen atoms in total. The zero-order chi connectivity index (χ0) is 19.4. The minimum atomic E-state index is -0.992. The summed E-state index contributed by atoms with van der Waals surface area (Å²) >= 11 is 0. The van der Waals surface area contributed by atoms with Crippen LogP contribution in [0.5, 0.6) is 11.5 Å². The summed E-state index contributed by atoms with van der Waals surface area (Å²) in [6, 6.07) is 5.08. The second-order valence-electron chi connectivity index (χ2n) is 7.08. The topological polar surface area (TPSA) is 88.1 Å². The molecule has 1 saturated heterocycles. The van der Waals surface area contributed by atoms with Crippen LogP contribution in [0, 0.1) is 0 Å². The lowest BCUT2D eigenvalue weighted by atomic mass is 9.98. The molecule has 1 heterocycles. The molecule has 0 aromatic heterocycles. The van der Waals surface area contributed by atoms with Crippen LogP contribution in [0.3, 0.4) is 0 Å². The summed E-state index contributed by atoms with van der Waals surface area (Å²) in [5, 5.41) is 13.1. The first-order valence-electron chi connectivity index (χ1n) is 9.22. The summed E-state index contributed by atoms with van der Waals surface area (Å²) in [7, 11) is 1.55. The van der Waals surface area contributed by atoms with Crippen LogP contribution in [0.15, 0.2) is 30.9 Å². The van der Waals surface area contributed by atoms with Crippen molar-refractivity contribution in [3.05, 3.63) is 36.4 Å². The molecule has 1 aromatic carbocycles. The number of aliphatic hydroxyl groups is 1. The van der Waals surface area contributed by atoms with Gasteiger partial charge in [0.25, 0.3) is 5.91 Å². The van der Waals surface area contributed by atoms with Gasteiger partial charge in [-0.05, 0) is 37.0 Å². The van der Waals surface area contributed by atoms with Crippen LogP contribution in [0.1, 0.15) is 31.2 Å². The lowest BCUT2D eigenvalue weighted by molar-refractivity contribution is -0.132. The third kappa shape index (κ3) is 3.93. The number of aliphatic hydroxyl groups excluding tert-OH is 1. The number of rotatable bonds is 8. The molecule has 27 heavy (non-hydrogen) atoms. The molecular formula is C20H26N2O5. The summed E-state index contributed by atoms with van der Waals surface area (Å²) in [5.74, 6) is 0.811. The standard InChI is InChI=1S/C20H26N2O5/c1-3-6-14-7-8-16(17(11-14)26-2)27-13-15(23)12-22-18(24)20(21-19(22)25)9-4-5-10-20/h3,7-8,11,15,23H,1,4-6,9-10,12-13H2,2H3,(H,21,25). The molecule has 1 aromatic rings. The summed E-state index contributed by atoms with van der Waals surface area (Å²) in [6.45, 7) is 3.56. The Morgan fingerprint density at radius 1 is 1.33 bits per heavy atom. The Hall–Kier alpha value is -2.54. The number of benzene rings is 1. The van der Waals surface area contributed by atoms with Crippen LogP contribution in [-0.4, -0.2) is 53.8 Å². The fourth-order valence-electron chi connectivity index (χ4n) is 3.73. The average molecular weight is 374 g/mol. The van der Waals surface area contributed by atoms with Gasteiger partial charge in [0.2, 0.25) is 0 Å². The van der Waals surface area contributed by atoms with Crippen molar-refractivity contribution in [1.29, 1.82) is 0 Å². The van der Waals surface area contributed by atoms with Crippen molar-refractivity contribution >= 4 is 11.9 Å². The highest BCUT2D eigenvalue weighted by Gasteiger charge is 2.52. The number of amides is 3. The van der Waals surface area contributed by atoms with E-state index in [1.54, 1.807) is 19.3 Å². The third-order valence-electron chi connectivity index (χ3n) is 5.14. The first-order valence-corrected chi connectivity index (χ1v) is 9.22. The second-order valence-corrected chi connectivity index (χ2v) is 7.08. The summed E-state index contributed by atoms with van der Waals surface area (Å²) in [4.78, 5) is 25.9. The normalized spacial score (nSPS) is 19.3. The Morgan fingerprint density at radius 2 is 2.07 bits per heavy atom. The van der Waals surface area contributed by atoms with E-state index in [2.05, 4.69) is 11.9 Å². The van der Waals surface area contributed by atoms with E-state index in [1.807, 2.05) is 12.1 Å². The van der Waals surface area contributed by atoms with Crippen LogP contribution in [-0.2, 0) is 11.2 Å². The number of hydrogen-bond donors (Lipinski definition) is 2. The Morgan fingerprint density at radius 3 is 2.74 bits per heavy atom. The lowest BCUT2D eigenvalue weighted by Gasteiger charge is -2.21. The fourth-order valence-corrected chi connectivity index (χ4v) is 3.73. The molecule has 7 heteroatoms. The molecule has 3 rings (SSSR count). The number of urea groups is 1. The molecule has 1 spiro atoms. The van der Waals surface area contributed by atoms with Crippen LogP contribution in [0.25, 0.3) is 0 Å². The summed E-state index contributed by atoms with van der Waals surface area (Å²) in [6.07, 6.45) is 4.69. The number of methoxy groups -OCH3 is 1. The van der Waals surface area contributed by atoms with E-state index in [4.69, 9.17) is 9.47 Å². The maximum absolute atomic E-state index is 12.6. The number of nitrogens with one attached hydrogen (secondary N) is 1. The van der Waals surface area contributed by atoms with Gasteiger partial charge >= 0.3 is 6.03 Å². The molecule has 2 fully saturated rings. The van der Waals surface area contributed by atoms with E-state index in [1.165, 1.54) is 0 Å². The smallest absolute Gasteiger partial charge is 0.325 e. The molecule has 0 radical (unpaired) electrons. The number of carbonyl (C=O) groups is 2. The van der Waals surface area contributed by atoms with E-state index < -0.39 is 17.7 Å². The number of carbonyl (C=O) groups excluding carboxylic acids is 2. The first kappa shape index (κ1) is 19.2. The van der Waals surface area contributed by atoms with Crippen molar-refractivity contribution in [1.82, 2.24) is 10.2 Å². The summed E-state index contributed by atoms with van der Waals surface area (Å²) in [5.41, 5.74) is 0.276. The molecule has 3 amide bonds. The summed E-state index contributed by atoms with van der Waals surface area (Å²) < 4.78 is 11.0. The van der Waals surface area contributed by atoms with E-state index >= 15 is 0 Å². The molecule has 1 aliphatic carbocycles. The quantitative estimate of drug-likeness (QED) is 0.537. The second kappa shape index (κ2) is 8.00. The maximum atomic E-state index is 12.6. The minimum absolute atomic E-state index is 0.0543. The number of β-amino-alcohol motifs (C(OH)–C–C–N with tert-alkyl or cyclic N) is 1. The molecule has 1 unspecified atom stereocenters. The number of ether oxygens (including phenoxy) is 2. The molecule has 0 bridgehead atoms. The molecule has 2 aliphatic rings. The molecule has 1 aliphatic heterocycles. The van der Waals surface area contributed by atoms with Crippen LogP contribution < -0.4 is 14.8 Å². The van der Waals surface area contributed by atoms with E-state index in [-0.39, 0.29) is 19.1 Å². The molecule has 2 N–H and O–H groups in total. The van der Waals surface area contributed by atoms with Crippen molar-refractivity contribution in [3.8, 4) is 11.5 Å². The Bertz CT molecular complexity index is 727. The van der Waals surface area contributed by atoms with Gasteiger partial charge in [0, 0.05) is 0 Å². The van der Waals surface area contributed by atoms with Crippen LogP contribution >= 0.6 is 0 Å². The van der Waals surface area contributed by atoms with Gasteiger partial charge in [0.15, 0.2) is 11.5 Å². The van der Waals surface area contributed by atoms with Gasteiger partial charge in [-0.15, -0.1) is 6.58 Å². The lowest BCUT2D eigenvalue weighted by Crippen LogP contribution is -2.45. The third-order valence-corrected chi connectivity index (χ3v) is 5.14. The minimum Gasteiger partial charge on any atom is -0.493 e. The monoisotopic (exact) mass is 374 g/mol. The van der Waals surface area contributed by atoms with Gasteiger partial charge in [-0.2, -0.15) is 0 Å². The number of nitrogens with zero attached hydrogens (tertiary/aromatic N) is 1. The predicted octanol–water partition coefficient (Wildman–Crippen LogP) is 2.03. The van der Waals surface area contributed by atoms with E-state index in [0.717, 1.165) is 23.3 Å².